The molecule has 2 aliphatic heterocycles. The van der Waals surface area contributed by atoms with E-state index < -0.39 is 0 Å². The fourth-order valence-corrected chi connectivity index (χ4v) is 4.07. The van der Waals surface area contributed by atoms with Gasteiger partial charge in [0.1, 0.15) is 17.4 Å². The second-order valence-corrected chi connectivity index (χ2v) is 7.39. The van der Waals surface area contributed by atoms with Gasteiger partial charge < -0.3 is 15.0 Å². The van der Waals surface area contributed by atoms with Gasteiger partial charge in [-0.25, -0.2) is 9.97 Å². The highest BCUT2D eigenvalue weighted by atomic mass is 35.5. The lowest BCUT2D eigenvalue weighted by Gasteiger charge is -2.32. The summed E-state index contributed by atoms with van der Waals surface area (Å²) in [6, 6.07) is 8.36. The van der Waals surface area contributed by atoms with Crippen molar-refractivity contribution in [3.05, 3.63) is 46.9 Å². The van der Waals surface area contributed by atoms with Crippen molar-refractivity contribution in [2.24, 2.45) is 0 Å². The van der Waals surface area contributed by atoms with Crippen LogP contribution in [0.3, 0.4) is 0 Å². The summed E-state index contributed by atoms with van der Waals surface area (Å²) in [6.45, 7) is 6.20. The van der Waals surface area contributed by atoms with Gasteiger partial charge in [0.05, 0.1) is 7.11 Å². The lowest BCUT2D eigenvalue weighted by molar-refractivity contribution is 0.414. The zero-order valence-corrected chi connectivity index (χ0v) is 18.2. The number of benzene rings is 1. The number of methoxy groups -OCH3 is 1. The zero-order chi connectivity index (χ0) is 17.9. The average Bonchev–Trinajstić information content (AvgIpc) is 2.70. The van der Waals surface area contributed by atoms with Gasteiger partial charge in [-0.3, -0.25) is 0 Å². The molecule has 0 saturated carbocycles. The van der Waals surface area contributed by atoms with Crippen LogP contribution in [0.2, 0.25) is 0 Å². The van der Waals surface area contributed by atoms with Crippen molar-refractivity contribution < 1.29 is 4.74 Å². The molecule has 154 valence electrons. The maximum atomic E-state index is 5.27. The molecule has 1 saturated heterocycles. The highest BCUT2D eigenvalue weighted by Gasteiger charge is 2.25. The van der Waals surface area contributed by atoms with E-state index in [4.69, 9.17) is 14.7 Å². The van der Waals surface area contributed by atoms with Gasteiger partial charge in [0.15, 0.2) is 0 Å². The molecular weight excluding hydrogens is 395 g/mol. The van der Waals surface area contributed by atoms with Crippen LogP contribution in [0.15, 0.2) is 24.3 Å². The molecule has 2 aromatic rings. The summed E-state index contributed by atoms with van der Waals surface area (Å²) in [6.07, 6.45) is 4.64. The van der Waals surface area contributed by atoms with Crippen molar-refractivity contribution in [3.8, 4) is 5.75 Å². The highest BCUT2D eigenvalue weighted by Crippen LogP contribution is 2.31. The van der Waals surface area contributed by atoms with Crippen LogP contribution in [0, 0.1) is 6.92 Å². The van der Waals surface area contributed by atoms with Crippen molar-refractivity contribution in [2.45, 2.75) is 45.1 Å². The van der Waals surface area contributed by atoms with E-state index in [-0.39, 0.29) is 24.8 Å². The maximum Gasteiger partial charge on any atom is 0.136 e. The Balaban J connectivity index is 0.00000140. The molecule has 4 rings (SSSR count). The Morgan fingerprint density at radius 2 is 1.93 bits per heavy atom. The molecule has 1 aromatic carbocycles. The van der Waals surface area contributed by atoms with Crippen molar-refractivity contribution in [1.82, 2.24) is 15.3 Å². The lowest BCUT2D eigenvalue weighted by atomic mass is 9.97. The Morgan fingerprint density at radius 3 is 2.61 bits per heavy atom. The molecule has 0 radical (unpaired) electrons. The molecule has 0 spiro atoms. The minimum atomic E-state index is 0. The number of halogens is 2. The smallest absolute Gasteiger partial charge is 0.136 e. The largest absolute Gasteiger partial charge is 0.497 e. The summed E-state index contributed by atoms with van der Waals surface area (Å²) in [4.78, 5) is 12.4. The monoisotopic (exact) mass is 424 g/mol. The van der Waals surface area contributed by atoms with Gasteiger partial charge in [-0.15, -0.1) is 24.8 Å². The first-order valence-corrected chi connectivity index (χ1v) is 9.70. The van der Waals surface area contributed by atoms with Crippen molar-refractivity contribution in [3.63, 3.8) is 0 Å². The van der Waals surface area contributed by atoms with Crippen LogP contribution in [-0.2, 0) is 13.0 Å². The first kappa shape index (κ1) is 22.7. The number of anilines is 1. The molecule has 1 N–H and O–H groups in total. The molecule has 7 heteroatoms. The van der Waals surface area contributed by atoms with E-state index in [0.29, 0.717) is 5.92 Å². The number of aromatic nitrogens is 2. The zero-order valence-electron chi connectivity index (χ0n) is 16.6. The SMILES string of the molecule is COc1ccc(CN2CCCc3c(C)nc(C4CCCNC4)nc32)cc1.Cl.Cl. The van der Waals surface area contributed by atoms with Gasteiger partial charge in [0.2, 0.25) is 0 Å². The molecule has 3 heterocycles. The standard InChI is InChI=1S/C21H28N4O.2ClH/c1-15-19-6-4-12-25(14-16-7-9-18(26-2)10-8-16)21(19)24-20(23-15)17-5-3-11-22-13-17;;/h7-10,17,22H,3-6,11-14H2,1-2H3;2*1H. The second-order valence-electron chi connectivity index (χ2n) is 7.39. The van der Waals surface area contributed by atoms with Gasteiger partial charge in [-0.05, 0) is 56.8 Å². The summed E-state index contributed by atoms with van der Waals surface area (Å²) in [5.74, 6) is 3.52. The number of hydrogen-bond donors (Lipinski definition) is 1. The molecule has 0 amide bonds. The van der Waals surface area contributed by atoms with Gasteiger partial charge >= 0.3 is 0 Å². The van der Waals surface area contributed by atoms with Crippen LogP contribution >= 0.6 is 24.8 Å². The van der Waals surface area contributed by atoms with Crippen LogP contribution in [0.4, 0.5) is 5.82 Å². The third-order valence-corrected chi connectivity index (χ3v) is 5.56. The Kier molecular flexibility index (Phi) is 8.35. The third-order valence-electron chi connectivity index (χ3n) is 5.56. The van der Waals surface area contributed by atoms with Gasteiger partial charge in [0.25, 0.3) is 0 Å². The summed E-state index contributed by atoms with van der Waals surface area (Å²) in [5, 5.41) is 3.49. The topological polar surface area (TPSA) is 50.3 Å². The fraction of sp³-hybridized carbons (Fsp3) is 0.524. The summed E-state index contributed by atoms with van der Waals surface area (Å²) in [5.41, 5.74) is 3.78. The average molecular weight is 425 g/mol. The quantitative estimate of drug-likeness (QED) is 0.801. The van der Waals surface area contributed by atoms with Crippen molar-refractivity contribution in [1.29, 1.82) is 0 Å². The summed E-state index contributed by atoms with van der Waals surface area (Å²) < 4.78 is 5.27. The lowest BCUT2D eigenvalue weighted by Crippen LogP contribution is -2.33. The van der Waals surface area contributed by atoms with E-state index in [9.17, 15) is 0 Å². The normalized spacial score (nSPS) is 18.5. The number of aryl methyl sites for hydroxylation is 1. The molecule has 5 nitrogen and oxygen atoms in total. The van der Waals surface area contributed by atoms with Crippen LogP contribution < -0.4 is 15.0 Å². The van der Waals surface area contributed by atoms with Crippen LogP contribution in [-0.4, -0.2) is 36.7 Å². The fourth-order valence-electron chi connectivity index (χ4n) is 4.07. The number of ether oxygens (including phenoxy) is 1. The molecule has 1 unspecified atom stereocenters. The molecule has 1 fully saturated rings. The van der Waals surface area contributed by atoms with E-state index >= 15 is 0 Å². The minimum absolute atomic E-state index is 0. The van der Waals surface area contributed by atoms with E-state index in [2.05, 4.69) is 29.3 Å². The van der Waals surface area contributed by atoms with Crippen molar-refractivity contribution >= 4 is 30.6 Å². The van der Waals surface area contributed by atoms with E-state index in [0.717, 1.165) is 62.1 Å². The molecule has 0 aliphatic carbocycles. The Morgan fingerprint density at radius 1 is 1.14 bits per heavy atom. The molecule has 2 aliphatic rings. The van der Waals surface area contributed by atoms with E-state index in [1.807, 2.05) is 12.1 Å². The number of fused-ring (bicyclic) bond motifs is 1. The number of nitrogens with zero attached hydrogens (tertiary/aromatic N) is 3. The third kappa shape index (κ3) is 4.88. The second kappa shape index (κ2) is 10.3. The van der Waals surface area contributed by atoms with Gasteiger partial charge in [-0.2, -0.15) is 0 Å². The molecule has 1 aromatic heterocycles. The van der Waals surface area contributed by atoms with Crippen LogP contribution in [0.25, 0.3) is 0 Å². The number of hydrogen-bond acceptors (Lipinski definition) is 5. The Bertz CT molecular complexity index is 764. The number of nitrogens with one attached hydrogen (secondary N) is 1. The van der Waals surface area contributed by atoms with Crippen LogP contribution in [0.5, 0.6) is 5.75 Å². The molecule has 28 heavy (non-hydrogen) atoms. The Labute approximate surface area is 180 Å². The molecular formula is C21H30Cl2N4O. The minimum Gasteiger partial charge on any atom is -0.497 e. The number of piperidine rings is 1. The highest BCUT2D eigenvalue weighted by molar-refractivity contribution is 5.85. The Hall–Kier alpha value is -1.56. The first-order valence-electron chi connectivity index (χ1n) is 9.70. The predicted octanol–water partition coefficient (Wildman–Crippen LogP) is 4.06. The van der Waals surface area contributed by atoms with E-state index in [1.165, 1.54) is 24.0 Å². The van der Waals surface area contributed by atoms with Crippen molar-refractivity contribution in [2.75, 3.05) is 31.6 Å². The molecule has 1 atom stereocenters. The van der Waals surface area contributed by atoms with E-state index in [1.54, 1.807) is 7.11 Å². The van der Waals surface area contributed by atoms with Gasteiger partial charge in [-0.1, -0.05) is 12.1 Å². The van der Waals surface area contributed by atoms with Gasteiger partial charge in [0, 0.05) is 36.8 Å². The number of rotatable bonds is 4. The first-order chi connectivity index (χ1) is 12.7. The molecule has 0 bridgehead atoms. The summed E-state index contributed by atoms with van der Waals surface area (Å²) in [7, 11) is 1.71. The maximum absolute atomic E-state index is 5.27. The predicted molar refractivity (Wildman–Crippen MR) is 118 cm³/mol. The van der Waals surface area contributed by atoms with Crippen LogP contribution in [0.1, 0.15) is 47.8 Å². The summed E-state index contributed by atoms with van der Waals surface area (Å²) >= 11 is 0.